The Bertz CT molecular complexity index is 2870. The van der Waals surface area contributed by atoms with E-state index in [1.807, 2.05) is 87.2 Å². The van der Waals surface area contributed by atoms with E-state index in [4.69, 9.17) is 19.7 Å². The minimum absolute atomic E-state index is 0.0484. The van der Waals surface area contributed by atoms with Crippen molar-refractivity contribution < 1.29 is 33.8 Å². The van der Waals surface area contributed by atoms with Crippen molar-refractivity contribution in [2.45, 2.75) is 76.2 Å². The van der Waals surface area contributed by atoms with Crippen LogP contribution in [0.4, 0.5) is 17.2 Å². The first-order chi connectivity index (χ1) is 35.9. The fourth-order valence-electron chi connectivity index (χ4n) is 11.1. The van der Waals surface area contributed by atoms with E-state index in [2.05, 4.69) is 62.5 Å². The second-order valence-corrected chi connectivity index (χ2v) is 20.3. The third-order valence-electron chi connectivity index (χ3n) is 15.1. The number of pyridine rings is 1. The summed E-state index contributed by atoms with van der Waals surface area (Å²) in [5, 5.41) is 41.2. The number of benzene rings is 2. The molecule has 0 aliphatic carbocycles. The molecule has 20 heteroatoms. The molecule has 6 atom stereocenters. The molecule has 4 aromatic heterocycles. The van der Waals surface area contributed by atoms with E-state index in [1.54, 1.807) is 24.4 Å². The van der Waals surface area contributed by atoms with E-state index in [0.717, 1.165) is 86.9 Å². The molecule has 4 aliphatic rings. The molecule has 4 aliphatic heterocycles. The molecule has 20 nitrogen and oxygen atoms in total. The average Bonchev–Trinajstić information content (AvgIpc) is 4.20. The van der Waals surface area contributed by atoms with Crippen LogP contribution in [0, 0.1) is 5.92 Å². The van der Waals surface area contributed by atoms with Crippen LogP contribution in [-0.2, 0) is 16.6 Å². The molecule has 390 valence electrons. The third-order valence-corrected chi connectivity index (χ3v) is 15.1. The number of nitrogens with one attached hydrogen (secondary N) is 1. The SMILES string of the molecule is CC(C)[C@@H](C(=O)N1C[C@H](O)C[C@H]1C(=O)N[C@@H](C)c1ccc(-c2ccnn2C)cc1)c1cc(OCCN2CCN(CCOc3cc(N4C5CCC4CN(c4cc(-c6ccccc6O)nnc4N)C5)ccn3)CC2)no1. The smallest absolute Gasteiger partial charge is 0.254 e. The number of likely N-dealkylation sites (tertiary alicyclic amines) is 1. The lowest BCUT2D eigenvalue weighted by Crippen LogP contribution is -2.54. The van der Waals surface area contributed by atoms with Crippen LogP contribution in [0.5, 0.6) is 17.5 Å². The molecule has 0 radical (unpaired) electrons. The number of hydrogen-bond acceptors (Lipinski definition) is 17. The van der Waals surface area contributed by atoms with E-state index >= 15 is 0 Å². The van der Waals surface area contributed by atoms with Crippen LogP contribution in [0.25, 0.3) is 22.5 Å². The summed E-state index contributed by atoms with van der Waals surface area (Å²) < 4.78 is 19.8. The van der Waals surface area contributed by atoms with Gasteiger partial charge < -0.3 is 50.0 Å². The fraction of sp³-hybridized carbons (Fsp3) is 0.463. The molecule has 10 rings (SSSR count). The Hall–Kier alpha value is -7.29. The largest absolute Gasteiger partial charge is 0.507 e. The zero-order chi connectivity index (χ0) is 51.5. The topological polar surface area (TPSA) is 230 Å². The summed E-state index contributed by atoms with van der Waals surface area (Å²) in [6.45, 7) is 13.3. The summed E-state index contributed by atoms with van der Waals surface area (Å²) in [4.78, 5) is 43.6. The molecule has 6 aromatic rings. The lowest BCUT2D eigenvalue weighted by molar-refractivity contribution is -0.141. The molecule has 0 spiro atoms. The summed E-state index contributed by atoms with van der Waals surface area (Å²) in [7, 11) is 1.89. The number of rotatable bonds is 18. The third kappa shape index (κ3) is 11.0. The van der Waals surface area contributed by atoms with Crippen LogP contribution in [0.15, 0.2) is 95.8 Å². The number of anilines is 3. The van der Waals surface area contributed by atoms with Gasteiger partial charge >= 0.3 is 0 Å². The molecule has 4 fully saturated rings. The number of aryl methyl sites for hydroxylation is 1. The quantitative estimate of drug-likeness (QED) is 0.0913. The number of aromatic nitrogens is 6. The van der Waals surface area contributed by atoms with Crippen molar-refractivity contribution in [2.75, 3.05) is 87.7 Å². The van der Waals surface area contributed by atoms with Gasteiger partial charge in [0.25, 0.3) is 5.88 Å². The van der Waals surface area contributed by atoms with E-state index in [1.165, 1.54) is 4.90 Å². The Balaban J connectivity index is 0.655. The number of nitrogens with zero attached hydrogens (tertiary/aromatic N) is 11. The summed E-state index contributed by atoms with van der Waals surface area (Å²) >= 11 is 0. The number of hydrogen-bond donors (Lipinski definition) is 4. The number of aromatic hydroxyl groups is 1. The number of aliphatic hydroxyl groups excluding tert-OH is 1. The van der Waals surface area contributed by atoms with Crippen molar-refractivity contribution in [1.82, 2.24) is 50.1 Å². The number of aliphatic hydroxyl groups is 1. The second kappa shape index (κ2) is 22.0. The van der Waals surface area contributed by atoms with Crippen molar-refractivity contribution in [3.63, 3.8) is 0 Å². The van der Waals surface area contributed by atoms with Crippen molar-refractivity contribution in [1.29, 1.82) is 0 Å². The van der Waals surface area contributed by atoms with Gasteiger partial charge in [0.15, 0.2) is 11.6 Å². The molecule has 74 heavy (non-hydrogen) atoms. The first-order valence-electron chi connectivity index (χ1n) is 25.8. The average molecular weight is 1010 g/mol. The lowest BCUT2D eigenvalue weighted by Gasteiger charge is -2.43. The summed E-state index contributed by atoms with van der Waals surface area (Å²) in [5.74, 6) is 0.279. The van der Waals surface area contributed by atoms with Gasteiger partial charge in [0.05, 0.1) is 29.2 Å². The van der Waals surface area contributed by atoms with Gasteiger partial charge in [0, 0.05) is 120 Å². The minimum Gasteiger partial charge on any atom is -0.507 e. The van der Waals surface area contributed by atoms with Gasteiger partial charge in [-0.3, -0.25) is 24.1 Å². The number of phenols is 1. The predicted octanol–water partition coefficient (Wildman–Crippen LogP) is 4.73. The number of carbonyl (C=O) groups excluding carboxylic acids is 2. The number of nitrogen functional groups attached to an aromatic ring is 1. The van der Waals surface area contributed by atoms with Crippen LogP contribution >= 0.6 is 0 Å². The molecule has 0 saturated carbocycles. The number of nitrogens with two attached hydrogens (primary N) is 1. The second-order valence-electron chi connectivity index (χ2n) is 20.3. The van der Waals surface area contributed by atoms with E-state index in [-0.39, 0.29) is 54.6 Å². The van der Waals surface area contributed by atoms with Gasteiger partial charge in [-0.2, -0.15) is 5.10 Å². The van der Waals surface area contributed by atoms with Crippen LogP contribution in [-0.4, -0.2) is 163 Å². The van der Waals surface area contributed by atoms with E-state index < -0.39 is 18.1 Å². The molecule has 5 N–H and O–H groups in total. The van der Waals surface area contributed by atoms with Crippen molar-refractivity contribution in [2.24, 2.45) is 13.0 Å². The molecule has 2 amide bonds. The Morgan fingerprint density at radius 3 is 2.23 bits per heavy atom. The first kappa shape index (κ1) is 50.3. The number of amides is 2. The standard InChI is InChI=1S/C54H67N13O7/c1-34(2)51(54(71)66-33-41(68)28-46(66)53(70)58-35(3)36-9-11-37(12-10-36)44-16-18-57-62(44)4)48-30-50(61-74-48)73-26-24-64-21-19-63(20-22-64)23-25-72-49-27-38(15-17-56-49)67-39-13-14-40(67)32-65(31-39)45-29-43(59-60-52(45)55)42-7-5-6-8-47(42)69/h5-12,15-18,27,29-30,34-35,39-41,46,51,68-69H,13-14,19-26,28,31-33H2,1-4H3,(H2,55,60)(H,58,70)/t35-,39?,40?,41+,46-,51+/m0/s1. The number of β-amino-alcohol motifs (C(OH)–C–C–N with tert-alkyl or cyclic N) is 1. The van der Waals surface area contributed by atoms with Gasteiger partial charge in [0.2, 0.25) is 17.7 Å². The Morgan fingerprint density at radius 1 is 0.851 bits per heavy atom. The summed E-state index contributed by atoms with van der Waals surface area (Å²) in [6.07, 6.45) is 5.02. The number of carbonyl (C=O) groups is 2. The van der Waals surface area contributed by atoms with Gasteiger partial charge in [0.1, 0.15) is 30.9 Å². The zero-order valence-electron chi connectivity index (χ0n) is 42.5. The first-order valence-corrected chi connectivity index (χ1v) is 25.8. The van der Waals surface area contributed by atoms with Crippen molar-refractivity contribution in [3.8, 4) is 40.0 Å². The van der Waals surface area contributed by atoms with Crippen LogP contribution in [0.2, 0.25) is 0 Å². The number of fused-ring (bicyclic) bond motifs is 2. The highest BCUT2D eigenvalue weighted by Gasteiger charge is 2.44. The summed E-state index contributed by atoms with van der Waals surface area (Å²) in [5.41, 5.74) is 12.4. The Labute approximate surface area is 431 Å². The number of piperazine rings is 2. The number of phenolic OH excluding ortho intramolecular Hbond substituents is 1. The zero-order valence-corrected chi connectivity index (χ0v) is 42.5. The van der Waals surface area contributed by atoms with Crippen LogP contribution in [0.3, 0.4) is 0 Å². The molecule has 2 aromatic carbocycles. The molecular formula is C54H67N13O7. The van der Waals surface area contributed by atoms with Gasteiger partial charge in [-0.15, -0.1) is 10.2 Å². The minimum atomic E-state index is -0.835. The molecule has 2 bridgehead atoms. The maximum atomic E-state index is 14.2. The van der Waals surface area contributed by atoms with Crippen molar-refractivity contribution >= 4 is 29.0 Å². The fourth-order valence-corrected chi connectivity index (χ4v) is 11.1. The van der Waals surface area contributed by atoms with Crippen molar-refractivity contribution in [3.05, 3.63) is 103 Å². The Morgan fingerprint density at radius 2 is 1.55 bits per heavy atom. The number of para-hydroxylation sites is 1. The van der Waals surface area contributed by atoms with Crippen LogP contribution in [0.1, 0.15) is 63.3 Å². The highest BCUT2D eigenvalue weighted by Crippen LogP contribution is 2.40. The highest BCUT2D eigenvalue weighted by atomic mass is 16.5. The molecule has 2 unspecified atom stereocenters. The maximum absolute atomic E-state index is 14.2. The number of ether oxygens (including phenoxy) is 2. The molecule has 8 heterocycles. The predicted molar refractivity (Wildman–Crippen MR) is 279 cm³/mol. The van der Waals surface area contributed by atoms with E-state index in [9.17, 15) is 19.8 Å². The monoisotopic (exact) mass is 1010 g/mol. The lowest BCUT2D eigenvalue weighted by atomic mass is 9.91. The Kier molecular flexibility index (Phi) is 15.0. The normalized spacial score (nSPS) is 21.0. The highest BCUT2D eigenvalue weighted by molar-refractivity contribution is 5.91. The van der Waals surface area contributed by atoms with Crippen LogP contribution < -0.4 is 30.3 Å². The molecule has 4 saturated heterocycles. The van der Waals surface area contributed by atoms with Gasteiger partial charge in [-0.1, -0.05) is 50.2 Å². The summed E-state index contributed by atoms with van der Waals surface area (Å²) in [6, 6.07) is 24.1. The van der Waals surface area contributed by atoms with E-state index in [0.29, 0.717) is 54.4 Å². The molecular weight excluding hydrogens is 943 g/mol. The maximum Gasteiger partial charge on any atom is 0.254 e. The van der Waals surface area contributed by atoms with Gasteiger partial charge in [-0.25, -0.2) is 4.98 Å². The van der Waals surface area contributed by atoms with Gasteiger partial charge in [-0.05, 0) is 72.3 Å².